The van der Waals surface area contributed by atoms with Crippen LogP contribution in [0.4, 0.5) is 0 Å². The minimum absolute atomic E-state index is 0.0712. The van der Waals surface area contributed by atoms with E-state index in [-0.39, 0.29) is 41.4 Å². The van der Waals surface area contributed by atoms with Gasteiger partial charge in [0.2, 0.25) is 11.8 Å². The number of phenols is 1. The highest BCUT2D eigenvalue weighted by Gasteiger charge is 2.57. The van der Waals surface area contributed by atoms with Crippen LogP contribution in [0.1, 0.15) is 36.6 Å². The lowest BCUT2D eigenvalue weighted by Gasteiger charge is -2.31. The average Bonchev–Trinajstić information content (AvgIpc) is 3.68. The molecule has 2 saturated heterocycles. The molecule has 3 aromatic rings. The van der Waals surface area contributed by atoms with E-state index in [1.807, 2.05) is 60.0 Å². The molecule has 0 radical (unpaired) electrons. The molecule has 40 heavy (non-hydrogen) atoms. The third kappa shape index (κ3) is 5.36. The zero-order valence-corrected chi connectivity index (χ0v) is 23.3. The molecule has 0 saturated carbocycles. The number of nitrogens with zero attached hydrogens (tertiary/aromatic N) is 1. The standard InChI is InChI=1S/C33H33NO5S/c1-21(15-22-7-5-8-24(35)16-22)12-13-29-30-23(19-38-25-9-3-2-4-10-25)17-27-31(28(30)20-39-29)33(37)34(32(27)36)18-26-11-6-14-40-26/h2-11,14-16,27-29,31,35H,12-13,17-20H2,1H3/b21-15+/t27-,28+,29-,31-/m1/s1. The molecule has 4 atom stereocenters. The molecule has 0 unspecified atom stereocenters. The van der Waals surface area contributed by atoms with E-state index in [1.165, 1.54) is 10.5 Å². The van der Waals surface area contributed by atoms with Gasteiger partial charge >= 0.3 is 0 Å². The number of amides is 2. The predicted molar refractivity (Wildman–Crippen MR) is 155 cm³/mol. The molecule has 6 rings (SSSR count). The minimum Gasteiger partial charge on any atom is -0.508 e. The van der Waals surface area contributed by atoms with Crippen LogP contribution in [0.2, 0.25) is 0 Å². The van der Waals surface area contributed by atoms with Gasteiger partial charge in [0, 0.05) is 10.8 Å². The summed E-state index contributed by atoms with van der Waals surface area (Å²) < 4.78 is 12.6. The second-order valence-electron chi connectivity index (χ2n) is 10.9. The lowest BCUT2D eigenvalue weighted by Crippen LogP contribution is -2.35. The number of carbonyl (C=O) groups excluding carboxylic acids is 2. The van der Waals surface area contributed by atoms with E-state index in [2.05, 4.69) is 13.0 Å². The number of para-hydroxylation sites is 1. The van der Waals surface area contributed by atoms with Crippen LogP contribution in [0.3, 0.4) is 0 Å². The van der Waals surface area contributed by atoms with Crippen LogP contribution in [0, 0.1) is 17.8 Å². The summed E-state index contributed by atoms with van der Waals surface area (Å²) in [4.78, 5) is 29.7. The van der Waals surface area contributed by atoms with Crippen molar-refractivity contribution in [2.45, 2.75) is 38.8 Å². The number of hydrogen-bond acceptors (Lipinski definition) is 6. The topological polar surface area (TPSA) is 76.1 Å². The van der Waals surface area contributed by atoms with Gasteiger partial charge in [-0.3, -0.25) is 14.5 Å². The number of imide groups is 1. The lowest BCUT2D eigenvalue weighted by molar-refractivity contribution is -0.140. The number of phenolic OH excluding ortho intramolecular Hbond substituents is 1. The summed E-state index contributed by atoms with van der Waals surface area (Å²) in [5, 5.41) is 11.8. The number of thiophene rings is 1. The Labute approximate surface area is 238 Å². The Balaban J connectivity index is 1.24. The third-order valence-electron chi connectivity index (χ3n) is 8.23. The van der Waals surface area contributed by atoms with Crippen molar-refractivity contribution in [3.63, 3.8) is 0 Å². The van der Waals surface area contributed by atoms with E-state index in [1.54, 1.807) is 23.5 Å². The Hall–Kier alpha value is -3.68. The first-order valence-corrected chi connectivity index (χ1v) is 14.7. The summed E-state index contributed by atoms with van der Waals surface area (Å²) in [6, 6.07) is 20.8. The van der Waals surface area contributed by atoms with Crippen molar-refractivity contribution in [2.24, 2.45) is 17.8 Å². The van der Waals surface area contributed by atoms with Gasteiger partial charge in [0.1, 0.15) is 18.1 Å². The van der Waals surface area contributed by atoms with Gasteiger partial charge in [-0.25, -0.2) is 0 Å². The number of carbonyl (C=O) groups is 2. The van der Waals surface area contributed by atoms with Gasteiger partial charge in [-0.2, -0.15) is 0 Å². The quantitative estimate of drug-likeness (QED) is 0.250. The number of benzene rings is 2. The van der Waals surface area contributed by atoms with Gasteiger partial charge < -0.3 is 14.6 Å². The lowest BCUT2D eigenvalue weighted by atomic mass is 9.69. The summed E-state index contributed by atoms with van der Waals surface area (Å²) in [5.41, 5.74) is 4.39. The van der Waals surface area contributed by atoms with Gasteiger partial charge in [-0.1, -0.05) is 48.0 Å². The van der Waals surface area contributed by atoms with Crippen molar-refractivity contribution in [2.75, 3.05) is 13.2 Å². The third-order valence-corrected chi connectivity index (χ3v) is 9.09. The molecule has 7 heteroatoms. The molecule has 1 N–H and O–H groups in total. The molecule has 2 aliphatic heterocycles. The number of fused-ring (bicyclic) bond motifs is 3. The second-order valence-corrected chi connectivity index (χ2v) is 11.9. The van der Waals surface area contributed by atoms with E-state index in [0.29, 0.717) is 26.2 Å². The van der Waals surface area contributed by atoms with Gasteiger partial charge in [-0.05, 0) is 78.6 Å². The van der Waals surface area contributed by atoms with Crippen molar-refractivity contribution in [3.8, 4) is 11.5 Å². The van der Waals surface area contributed by atoms with Crippen LogP contribution in [0.15, 0.2) is 88.8 Å². The van der Waals surface area contributed by atoms with E-state index >= 15 is 0 Å². The number of aromatic hydroxyl groups is 1. The molecule has 6 nitrogen and oxygen atoms in total. The predicted octanol–water partition coefficient (Wildman–Crippen LogP) is 6.23. The molecular weight excluding hydrogens is 522 g/mol. The van der Waals surface area contributed by atoms with Crippen molar-refractivity contribution in [3.05, 3.63) is 99.3 Å². The maximum Gasteiger partial charge on any atom is 0.234 e. The molecule has 206 valence electrons. The van der Waals surface area contributed by atoms with Gasteiger partial charge in [0.25, 0.3) is 0 Å². The van der Waals surface area contributed by atoms with Crippen LogP contribution in [0.5, 0.6) is 11.5 Å². The highest BCUT2D eigenvalue weighted by Crippen LogP contribution is 2.50. The number of ether oxygens (including phenoxy) is 2. The van der Waals surface area contributed by atoms with Crippen LogP contribution in [-0.2, 0) is 20.9 Å². The summed E-state index contributed by atoms with van der Waals surface area (Å²) in [7, 11) is 0. The number of allylic oxidation sites excluding steroid dienone is 1. The summed E-state index contributed by atoms with van der Waals surface area (Å²) in [6.45, 7) is 3.24. The normalized spacial score (nSPS) is 24.4. The fraction of sp³-hybridized carbons (Fsp3) is 0.333. The van der Waals surface area contributed by atoms with E-state index in [4.69, 9.17) is 9.47 Å². The Morgan fingerprint density at radius 1 is 1.07 bits per heavy atom. The highest BCUT2D eigenvalue weighted by molar-refractivity contribution is 7.09. The molecule has 1 aliphatic carbocycles. The SMILES string of the molecule is C/C(=C\c1cccc(O)c1)CC[C@H]1OC[C@H]2C1=C(COc1ccccc1)C[C@H]1C(=O)N(Cc3cccs3)C(=O)[C@H]12. The Morgan fingerprint density at radius 3 is 2.70 bits per heavy atom. The second kappa shape index (κ2) is 11.4. The maximum absolute atomic E-state index is 13.7. The van der Waals surface area contributed by atoms with Gasteiger partial charge in [-0.15, -0.1) is 11.3 Å². The van der Waals surface area contributed by atoms with Gasteiger partial charge in [0.05, 0.1) is 31.1 Å². The molecule has 2 aromatic carbocycles. The largest absolute Gasteiger partial charge is 0.508 e. The molecule has 3 heterocycles. The molecular formula is C33H33NO5S. The van der Waals surface area contributed by atoms with Crippen molar-refractivity contribution in [1.29, 1.82) is 0 Å². The number of hydrogen-bond donors (Lipinski definition) is 1. The molecule has 2 fully saturated rings. The number of likely N-dealkylation sites (tertiary alicyclic amines) is 1. The van der Waals surface area contributed by atoms with E-state index < -0.39 is 0 Å². The molecule has 0 bridgehead atoms. The zero-order valence-electron chi connectivity index (χ0n) is 22.5. The first kappa shape index (κ1) is 26.5. The van der Waals surface area contributed by atoms with Crippen LogP contribution in [0.25, 0.3) is 6.08 Å². The Bertz CT molecular complexity index is 1440. The van der Waals surface area contributed by atoms with E-state index in [0.717, 1.165) is 40.2 Å². The number of rotatable bonds is 9. The minimum atomic E-state index is -0.378. The Kier molecular flexibility index (Phi) is 7.59. The summed E-state index contributed by atoms with van der Waals surface area (Å²) in [6.07, 6.45) is 4.07. The van der Waals surface area contributed by atoms with Crippen molar-refractivity contribution >= 4 is 29.2 Å². The molecule has 3 aliphatic rings. The van der Waals surface area contributed by atoms with E-state index in [9.17, 15) is 14.7 Å². The Morgan fingerprint density at radius 2 is 1.93 bits per heavy atom. The van der Waals surface area contributed by atoms with Crippen LogP contribution >= 0.6 is 11.3 Å². The smallest absolute Gasteiger partial charge is 0.234 e. The molecule has 0 spiro atoms. The van der Waals surface area contributed by atoms with Gasteiger partial charge in [0.15, 0.2) is 0 Å². The van der Waals surface area contributed by atoms with Crippen molar-refractivity contribution < 1.29 is 24.2 Å². The fourth-order valence-corrected chi connectivity index (χ4v) is 7.09. The molecule has 1 aromatic heterocycles. The fourth-order valence-electron chi connectivity index (χ4n) is 6.40. The zero-order chi connectivity index (χ0) is 27.6. The summed E-state index contributed by atoms with van der Waals surface area (Å²) in [5.74, 6) is 0.0202. The monoisotopic (exact) mass is 555 g/mol. The van der Waals surface area contributed by atoms with Crippen LogP contribution in [-0.4, -0.2) is 41.1 Å². The first-order chi connectivity index (χ1) is 19.5. The van der Waals surface area contributed by atoms with Crippen LogP contribution < -0.4 is 4.74 Å². The highest BCUT2D eigenvalue weighted by atomic mass is 32.1. The van der Waals surface area contributed by atoms with Crippen molar-refractivity contribution in [1.82, 2.24) is 4.90 Å². The average molecular weight is 556 g/mol. The maximum atomic E-state index is 13.7. The molecule has 2 amide bonds. The first-order valence-electron chi connectivity index (χ1n) is 13.8. The summed E-state index contributed by atoms with van der Waals surface area (Å²) >= 11 is 1.56.